The van der Waals surface area contributed by atoms with E-state index in [1.54, 1.807) is 6.08 Å². The number of alkyl halides is 2. The van der Waals surface area contributed by atoms with Crippen molar-refractivity contribution in [1.29, 1.82) is 0 Å². The summed E-state index contributed by atoms with van der Waals surface area (Å²) in [6.45, 7) is 1.42. The van der Waals surface area contributed by atoms with E-state index in [2.05, 4.69) is 4.74 Å². The van der Waals surface area contributed by atoms with Crippen molar-refractivity contribution in [3.8, 4) is 5.75 Å². The van der Waals surface area contributed by atoms with Crippen LogP contribution < -0.4 is 4.74 Å². The van der Waals surface area contributed by atoms with Gasteiger partial charge < -0.3 is 4.74 Å². The number of hydrogen-bond acceptors (Lipinski definition) is 1. The molecule has 4 rings (SSSR count). The third-order valence-electron chi connectivity index (χ3n) is 6.10. The van der Waals surface area contributed by atoms with Gasteiger partial charge in [0.15, 0.2) is 40.7 Å². The summed E-state index contributed by atoms with van der Waals surface area (Å²) < 4.78 is 130. The van der Waals surface area contributed by atoms with Gasteiger partial charge in [-0.25, -0.2) is 30.7 Å². The molecule has 36 heavy (non-hydrogen) atoms. The second-order valence-corrected chi connectivity index (χ2v) is 8.41. The molecule has 1 aliphatic carbocycles. The molecule has 3 aromatic rings. The van der Waals surface area contributed by atoms with Crippen LogP contribution in [-0.2, 0) is 6.11 Å². The van der Waals surface area contributed by atoms with E-state index >= 15 is 0 Å². The molecule has 3 aromatic carbocycles. The molecule has 0 saturated carbocycles. The average Bonchev–Trinajstić information content (AvgIpc) is 2.82. The summed E-state index contributed by atoms with van der Waals surface area (Å²) in [7, 11) is 0. The van der Waals surface area contributed by atoms with Gasteiger partial charge in [-0.3, -0.25) is 0 Å². The molecular formula is C26H17F9O. The predicted octanol–water partition coefficient (Wildman–Crippen LogP) is 8.45. The Bertz CT molecular complexity index is 1340. The third kappa shape index (κ3) is 4.68. The summed E-state index contributed by atoms with van der Waals surface area (Å²) in [5, 5.41) is 0. The lowest BCUT2D eigenvalue weighted by molar-refractivity contribution is -0.188. The minimum Gasteiger partial charge on any atom is -0.429 e. The standard InChI is InChI=1S/C26H17F9O/c1-12-2-7-16(22(30)21(12)29)13-3-5-14(6-4-13)17-8-9-18(24(32)23(17)31)26(34,35)36-15-10-19(27)25(33)20(28)11-15/h2-3,7-11,14H,4-6H2,1H3. The Kier molecular flexibility index (Phi) is 6.81. The molecule has 0 radical (unpaired) electrons. The zero-order valence-corrected chi connectivity index (χ0v) is 18.6. The highest BCUT2D eigenvalue weighted by atomic mass is 19.3. The van der Waals surface area contributed by atoms with E-state index in [0.29, 0.717) is 11.6 Å². The first kappa shape index (κ1) is 25.7. The molecule has 0 heterocycles. The van der Waals surface area contributed by atoms with E-state index in [9.17, 15) is 39.5 Å². The molecule has 0 aromatic heterocycles. The van der Waals surface area contributed by atoms with Crippen LogP contribution in [0.15, 0.2) is 42.5 Å². The molecule has 1 atom stereocenters. The van der Waals surface area contributed by atoms with Gasteiger partial charge in [0, 0.05) is 17.7 Å². The van der Waals surface area contributed by atoms with Gasteiger partial charge in [-0.15, -0.1) is 0 Å². The minimum atomic E-state index is -4.55. The SMILES string of the molecule is Cc1ccc(C2=CCC(c3ccc(C(F)(F)Oc4cc(F)c(F)c(F)c4)c(F)c3F)CC2)c(F)c1F. The maximum Gasteiger partial charge on any atom is 0.429 e. The zero-order valence-electron chi connectivity index (χ0n) is 18.6. The fraction of sp³-hybridized carbons (Fsp3) is 0.231. The molecule has 0 bridgehead atoms. The van der Waals surface area contributed by atoms with Gasteiger partial charge in [0.2, 0.25) is 0 Å². The van der Waals surface area contributed by atoms with E-state index in [1.165, 1.54) is 19.1 Å². The Labute approximate surface area is 199 Å². The van der Waals surface area contributed by atoms with Gasteiger partial charge in [-0.2, -0.15) is 8.78 Å². The molecule has 1 unspecified atom stereocenters. The highest BCUT2D eigenvalue weighted by Gasteiger charge is 2.40. The van der Waals surface area contributed by atoms with Gasteiger partial charge in [-0.05, 0) is 54.9 Å². The normalized spacial score (nSPS) is 16.2. The first-order valence-electron chi connectivity index (χ1n) is 10.7. The Morgan fingerprint density at radius 3 is 2.06 bits per heavy atom. The van der Waals surface area contributed by atoms with Crippen LogP contribution >= 0.6 is 0 Å². The van der Waals surface area contributed by atoms with Crippen molar-refractivity contribution in [2.45, 2.75) is 38.2 Å². The topological polar surface area (TPSA) is 9.23 Å². The van der Waals surface area contributed by atoms with Gasteiger partial charge in [-0.1, -0.05) is 24.3 Å². The summed E-state index contributed by atoms with van der Waals surface area (Å²) in [5.41, 5.74) is -1.06. The van der Waals surface area contributed by atoms with Crippen LogP contribution in [0.1, 0.15) is 47.4 Å². The molecule has 0 amide bonds. The van der Waals surface area contributed by atoms with Gasteiger partial charge >= 0.3 is 6.11 Å². The van der Waals surface area contributed by atoms with Crippen molar-refractivity contribution >= 4 is 5.57 Å². The number of halogens is 9. The van der Waals surface area contributed by atoms with Crippen LogP contribution in [0.5, 0.6) is 5.75 Å². The number of ether oxygens (including phenoxy) is 1. The second-order valence-electron chi connectivity index (χ2n) is 8.41. The van der Waals surface area contributed by atoms with Gasteiger partial charge in [0.1, 0.15) is 11.3 Å². The average molecular weight is 516 g/mol. The molecule has 190 valence electrons. The molecule has 1 nitrogen and oxygen atoms in total. The van der Waals surface area contributed by atoms with Crippen LogP contribution in [0.3, 0.4) is 0 Å². The summed E-state index contributed by atoms with van der Waals surface area (Å²) in [5.74, 6) is -12.8. The fourth-order valence-corrected chi connectivity index (χ4v) is 4.15. The van der Waals surface area contributed by atoms with Crippen molar-refractivity contribution in [2.24, 2.45) is 0 Å². The van der Waals surface area contributed by atoms with Crippen molar-refractivity contribution in [3.63, 3.8) is 0 Å². The first-order chi connectivity index (χ1) is 16.9. The number of rotatable bonds is 5. The van der Waals surface area contributed by atoms with E-state index in [4.69, 9.17) is 0 Å². The lowest BCUT2D eigenvalue weighted by Gasteiger charge is -2.25. The lowest BCUT2D eigenvalue weighted by Crippen LogP contribution is -2.25. The number of aryl methyl sites for hydroxylation is 1. The highest BCUT2D eigenvalue weighted by Crippen LogP contribution is 2.41. The van der Waals surface area contributed by atoms with Crippen molar-refractivity contribution in [1.82, 2.24) is 0 Å². The number of hydrogen-bond donors (Lipinski definition) is 0. The largest absolute Gasteiger partial charge is 0.429 e. The maximum absolute atomic E-state index is 14.8. The van der Waals surface area contributed by atoms with E-state index in [-0.39, 0.29) is 48.1 Å². The van der Waals surface area contributed by atoms with Crippen molar-refractivity contribution in [3.05, 3.63) is 105 Å². The van der Waals surface area contributed by atoms with Crippen LogP contribution in [0.25, 0.3) is 5.57 Å². The van der Waals surface area contributed by atoms with Gasteiger partial charge in [0.25, 0.3) is 0 Å². The molecule has 0 aliphatic heterocycles. The quantitative estimate of drug-likeness (QED) is 0.244. The fourth-order valence-electron chi connectivity index (χ4n) is 4.15. The van der Waals surface area contributed by atoms with Gasteiger partial charge in [0.05, 0.1) is 0 Å². The molecule has 0 fully saturated rings. The molecule has 0 saturated heterocycles. The van der Waals surface area contributed by atoms with E-state index in [1.807, 2.05) is 0 Å². The smallest absolute Gasteiger partial charge is 0.429 e. The molecule has 1 aliphatic rings. The monoisotopic (exact) mass is 516 g/mol. The first-order valence-corrected chi connectivity index (χ1v) is 10.7. The van der Waals surface area contributed by atoms with Crippen molar-refractivity contribution < 1.29 is 44.3 Å². The van der Waals surface area contributed by atoms with Crippen molar-refractivity contribution in [2.75, 3.05) is 0 Å². The Morgan fingerprint density at radius 1 is 0.778 bits per heavy atom. The van der Waals surface area contributed by atoms with E-state index < -0.39 is 64.1 Å². The van der Waals surface area contributed by atoms with Crippen LogP contribution in [0.4, 0.5) is 39.5 Å². The lowest BCUT2D eigenvalue weighted by atomic mass is 9.82. The Balaban J connectivity index is 1.57. The maximum atomic E-state index is 14.8. The van der Waals surface area contributed by atoms with E-state index in [0.717, 1.165) is 6.07 Å². The highest BCUT2D eigenvalue weighted by molar-refractivity contribution is 5.67. The minimum absolute atomic E-state index is 0.0593. The summed E-state index contributed by atoms with van der Waals surface area (Å²) in [6, 6.07) is 4.65. The number of benzene rings is 3. The summed E-state index contributed by atoms with van der Waals surface area (Å²) in [6.07, 6.45) is -2.47. The van der Waals surface area contributed by atoms with Crippen LogP contribution in [0.2, 0.25) is 0 Å². The second kappa shape index (κ2) is 9.55. The summed E-state index contributed by atoms with van der Waals surface area (Å²) >= 11 is 0. The van der Waals surface area contributed by atoms with Crippen LogP contribution in [0, 0.1) is 47.6 Å². The Morgan fingerprint density at radius 2 is 1.44 bits per heavy atom. The molecule has 10 heteroatoms. The molecule has 0 spiro atoms. The summed E-state index contributed by atoms with van der Waals surface area (Å²) in [4.78, 5) is 0. The third-order valence-corrected chi connectivity index (χ3v) is 6.10. The zero-order chi connectivity index (χ0) is 26.4. The van der Waals surface area contributed by atoms with Crippen LogP contribution in [-0.4, -0.2) is 0 Å². The molecular weight excluding hydrogens is 499 g/mol. The predicted molar refractivity (Wildman–Crippen MR) is 113 cm³/mol. The Hall–Kier alpha value is -3.43. The number of allylic oxidation sites excluding steroid dienone is 2. The molecule has 0 N–H and O–H groups in total.